The number of hydrogen-bond acceptors (Lipinski definition) is 2. The molecule has 1 atom stereocenters. The van der Waals surface area contributed by atoms with Gasteiger partial charge < -0.3 is 10.4 Å². The number of aliphatic hydroxyl groups is 1. The molecule has 2 nitrogen and oxygen atoms in total. The molecule has 1 heterocycles. The summed E-state index contributed by atoms with van der Waals surface area (Å²) in [4.78, 5) is 0. The summed E-state index contributed by atoms with van der Waals surface area (Å²) in [5.74, 6) is -2.97. The molecule has 1 unspecified atom stereocenters. The maximum Gasteiger partial charge on any atom is 0.289 e. The van der Waals surface area contributed by atoms with Gasteiger partial charge in [0.05, 0.1) is 6.54 Å². The van der Waals surface area contributed by atoms with Crippen LogP contribution in [0.3, 0.4) is 0 Å². The Hall–Kier alpha value is -0.220. The first-order valence-electron chi connectivity index (χ1n) is 2.77. The van der Waals surface area contributed by atoms with Crippen molar-refractivity contribution in [1.82, 2.24) is 5.32 Å². The van der Waals surface area contributed by atoms with Crippen molar-refractivity contribution in [3.05, 3.63) is 0 Å². The van der Waals surface area contributed by atoms with Gasteiger partial charge >= 0.3 is 0 Å². The van der Waals surface area contributed by atoms with E-state index in [1.807, 2.05) is 0 Å². The van der Waals surface area contributed by atoms with Gasteiger partial charge in [-0.3, -0.25) is 0 Å². The normalized spacial score (nSPS) is 41.3. The summed E-state index contributed by atoms with van der Waals surface area (Å²) in [6.45, 7) is 0.688. The second-order valence-corrected chi connectivity index (χ2v) is 2.58. The molecule has 0 aromatic rings. The van der Waals surface area contributed by atoms with Crippen LogP contribution in [0.4, 0.5) is 8.78 Å². The summed E-state index contributed by atoms with van der Waals surface area (Å²) in [6.07, 6.45) is 0. The van der Waals surface area contributed by atoms with Crippen molar-refractivity contribution in [3.63, 3.8) is 0 Å². The molecule has 0 radical (unpaired) electrons. The van der Waals surface area contributed by atoms with E-state index in [9.17, 15) is 8.78 Å². The minimum Gasteiger partial charge on any atom is -0.382 e. The van der Waals surface area contributed by atoms with Gasteiger partial charge in [-0.05, 0) is 6.92 Å². The summed E-state index contributed by atoms with van der Waals surface area (Å²) in [5, 5.41) is 11.3. The van der Waals surface area contributed by atoms with E-state index in [-0.39, 0.29) is 6.54 Å². The third kappa shape index (κ3) is 0.923. The third-order valence-electron chi connectivity index (χ3n) is 1.60. The third-order valence-corrected chi connectivity index (χ3v) is 1.60. The molecule has 0 aromatic heterocycles. The zero-order valence-electron chi connectivity index (χ0n) is 5.12. The summed E-state index contributed by atoms with van der Waals surface area (Å²) in [5.41, 5.74) is -1.85. The van der Waals surface area contributed by atoms with E-state index in [4.69, 9.17) is 5.11 Å². The lowest BCUT2D eigenvalue weighted by Crippen LogP contribution is -2.43. The largest absolute Gasteiger partial charge is 0.382 e. The van der Waals surface area contributed by atoms with Crippen molar-refractivity contribution in [2.24, 2.45) is 0 Å². The molecule has 1 rings (SSSR count). The standard InChI is InChI=1S/C5H9F2NO/c1-4(9)2-8-3-5(4,6)7/h8-9H,2-3H2,1H3. The van der Waals surface area contributed by atoms with Crippen LogP contribution in [0.25, 0.3) is 0 Å². The Morgan fingerprint density at radius 3 is 2.11 bits per heavy atom. The van der Waals surface area contributed by atoms with Gasteiger partial charge in [-0.15, -0.1) is 0 Å². The topological polar surface area (TPSA) is 32.3 Å². The first-order valence-corrected chi connectivity index (χ1v) is 2.77. The molecule has 9 heavy (non-hydrogen) atoms. The van der Waals surface area contributed by atoms with Crippen LogP contribution < -0.4 is 5.32 Å². The second kappa shape index (κ2) is 1.64. The van der Waals surface area contributed by atoms with Crippen LogP contribution in [0.1, 0.15) is 6.92 Å². The predicted octanol–water partition coefficient (Wildman–Crippen LogP) is -0.0241. The van der Waals surface area contributed by atoms with Crippen LogP contribution in [0, 0.1) is 0 Å². The Bertz CT molecular complexity index is 110. The Kier molecular flexibility index (Phi) is 1.25. The predicted molar refractivity (Wildman–Crippen MR) is 28.4 cm³/mol. The van der Waals surface area contributed by atoms with Crippen molar-refractivity contribution in [2.75, 3.05) is 13.1 Å². The Balaban J connectivity index is 2.75. The van der Waals surface area contributed by atoms with Gasteiger partial charge in [-0.2, -0.15) is 0 Å². The summed E-state index contributed by atoms with van der Waals surface area (Å²) in [7, 11) is 0. The highest BCUT2D eigenvalue weighted by Gasteiger charge is 2.52. The number of alkyl halides is 2. The molecule has 1 saturated heterocycles. The van der Waals surface area contributed by atoms with Crippen molar-refractivity contribution in [3.8, 4) is 0 Å². The fourth-order valence-electron chi connectivity index (χ4n) is 0.783. The zero-order valence-corrected chi connectivity index (χ0v) is 5.12. The average Bonchev–Trinajstić information content (AvgIpc) is 1.81. The highest BCUT2D eigenvalue weighted by atomic mass is 19.3. The lowest BCUT2D eigenvalue weighted by molar-refractivity contribution is -0.134. The van der Waals surface area contributed by atoms with E-state index >= 15 is 0 Å². The maximum atomic E-state index is 12.4. The van der Waals surface area contributed by atoms with Crippen LogP contribution in [-0.4, -0.2) is 29.7 Å². The van der Waals surface area contributed by atoms with Crippen LogP contribution >= 0.6 is 0 Å². The molecule has 0 bridgehead atoms. The molecular formula is C5H9F2NO. The first-order chi connectivity index (χ1) is 3.96. The lowest BCUT2D eigenvalue weighted by Gasteiger charge is -2.22. The van der Waals surface area contributed by atoms with Gasteiger partial charge in [0.15, 0.2) is 0 Å². The van der Waals surface area contributed by atoms with Crippen LogP contribution in [-0.2, 0) is 0 Å². The van der Waals surface area contributed by atoms with Gasteiger partial charge in [0.25, 0.3) is 5.92 Å². The fourth-order valence-corrected chi connectivity index (χ4v) is 0.783. The molecular weight excluding hydrogens is 128 g/mol. The van der Waals surface area contributed by atoms with Gasteiger partial charge in [0.2, 0.25) is 0 Å². The number of nitrogens with one attached hydrogen (secondary N) is 1. The quantitative estimate of drug-likeness (QED) is 0.491. The van der Waals surface area contributed by atoms with Crippen LogP contribution in [0.15, 0.2) is 0 Å². The van der Waals surface area contributed by atoms with Gasteiger partial charge in [0, 0.05) is 6.54 Å². The molecule has 0 aromatic carbocycles. The van der Waals surface area contributed by atoms with E-state index in [0.717, 1.165) is 6.92 Å². The monoisotopic (exact) mass is 137 g/mol. The molecule has 0 spiro atoms. The van der Waals surface area contributed by atoms with Gasteiger partial charge in [-0.1, -0.05) is 0 Å². The molecule has 2 N–H and O–H groups in total. The number of β-amino-alcohol motifs (C(OH)–C–C–N with tert-alkyl or cyclic N) is 1. The molecule has 0 amide bonds. The molecule has 1 aliphatic rings. The zero-order chi connectivity index (χ0) is 7.12. The van der Waals surface area contributed by atoms with Gasteiger partial charge in [0.1, 0.15) is 5.60 Å². The average molecular weight is 137 g/mol. The fraction of sp³-hybridized carbons (Fsp3) is 1.00. The van der Waals surface area contributed by atoms with Crippen LogP contribution in [0.2, 0.25) is 0 Å². The van der Waals surface area contributed by atoms with Crippen molar-refractivity contribution < 1.29 is 13.9 Å². The number of rotatable bonds is 0. The summed E-state index contributed by atoms with van der Waals surface area (Å²) < 4.78 is 24.8. The number of hydrogen-bond donors (Lipinski definition) is 2. The van der Waals surface area contributed by atoms with E-state index in [0.29, 0.717) is 0 Å². The molecule has 1 aliphatic heterocycles. The van der Waals surface area contributed by atoms with Crippen molar-refractivity contribution in [1.29, 1.82) is 0 Å². The SMILES string of the molecule is CC1(O)CNCC1(F)F. The Morgan fingerprint density at radius 1 is 1.44 bits per heavy atom. The molecule has 1 fully saturated rings. The highest BCUT2D eigenvalue weighted by Crippen LogP contribution is 2.30. The molecule has 4 heteroatoms. The lowest BCUT2D eigenvalue weighted by atomic mass is 10.0. The van der Waals surface area contributed by atoms with E-state index in [1.165, 1.54) is 0 Å². The Morgan fingerprint density at radius 2 is 2.00 bits per heavy atom. The highest BCUT2D eigenvalue weighted by molar-refractivity contribution is 4.98. The summed E-state index contributed by atoms with van der Waals surface area (Å²) in [6, 6.07) is 0. The summed E-state index contributed by atoms with van der Waals surface area (Å²) >= 11 is 0. The first kappa shape index (κ1) is 6.89. The maximum absolute atomic E-state index is 12.4. The molecule has 0 aliphatic carbocycles. The minimum atomic E-state index is -2.97. The Labute approximate surface area is 51.9 Å². The smallest absolute Gasteiger partial charge is 0.289 e. The van der Waals surface area contributed by atoms with Crippen molar-refractivity contribution in [2.45, 2.75) is 18.4 Å². The van der Waals surface area contributed by atoms with Gasteiger partial charge in [-0.25, -0.2) is 8.78 Å². The van der Waals surface area contributed by atoms with E-state index in [2.05, 4.69) is 5.32 Å². The molecule has 54 valence electrons. The van der Waals surface area contributed by atoms with E-state index < -0.39 is 18.1 Å². The van der Waals surface area contributed by atoms with E-state index in [1.54, 1.807) is 0 Å². The van der Waals surface area contributed by atoms with Crippen LogP contribution in [0.5, 0.6) is 0 Å². The minimum absolute atomic E-state index is 0.0278. The molecule has 0 saturated carbocycles. The number of halogens is 2. The van der Waals surface area contributed by atoms with Crippen molar-refractivity contribution >= 4 is 0 Å². The second-order valence-electron chi connectivity index (χ2n) is 2.58.